The van der Waals surface area contributed by atoms with E-state index >= 15 is 0 Å². The highest BCUT2D eigenvalue weighted by molar-refractivity contribution is 5.74. The highest BCUT2D eigenvalue weighted by Gasteiger charge is 2.23. The van der Waals surface area contributed by atoms with Crippen LogP contribution < -0.4 is 5.73 Å². The van der Waals surface area contributed by atoms with E-state index in [4.69, 9.17) is 10.8 Å². The van der Waals surface area contributed by atoms with Gasteiger partial charge < -0.3 is 15.9 Å². The summed E-state index contributed by atoms with van der Waals surface area (Å²) in [6, 6.07) is 3.45. The molecule has 5 heteroatoms. The first-order valence-corrected chi connectivity index (χ1v) is 3.94. The van der Waals surface area contributed by atoms with Crippen molar-refractivity contribution in [2.45, 2.75) is 12.1 Å². The standard InChI is InChI=1S/C9H10FNO3/c10-6-3-1-5(2-4-6)8(12)7(11)9(13)14/h1-4,7-8,12H,11H2,(H,13,14)/t7-,8?/m0/s1. The summed E-state index contributed by atoms with van der Waals surface area (Å²) in [5, 5.41) is 17.9. The van der Waals surface area contributed by atoms with Crippen molar-refractivity contribution >= 4 is 5.97 Å². The molecule has 0 aliphatic carbocycles. The van der Waals surface area contributed by atoms with Crippen molar-refractivity contribution in [1.82, 2.24) is 0 Å². The lowest BCUT2D eigenvalue weighted by molar-refractivity contribution is -0.141. The topological polar surface area (TPSA) is 83.6 Å². The number of carbonyl (C=O) groups is 1. The maximum Gasteiger partial charge on any atom is 0.323 e. The molecule has 0 heterocycles. The Morgan fingerprint density at radius 1 is 1.36 bits per heavy atom. The largest absolute Gasteiger partial charge is 0.480 e. The molecule has 76 valence electrons. The van der Waals surface area contributed by atoms with Crippen LogP contribution in [-0.2, 0) is 4.79 Å². The molecule has 14 heavy (non-hydrogen) atoms. The van der Waals surface area contributed by atoms with Gasteiger partial charge in [-0.25, -0.2) is 4.39 Å². The van der Waals surface area contributed by atoms with E-state index in [1.165, 1.54) is 12.1 Å². The average Bonchev–Trinajstić information content (AvgIpc) is 2.16. The Balaban J connectivity index is 2.84. The lowest BCUT2D eigenvalue weighted by Crippen LogP contribution is -2.36. The second-order valence-corrected chi connectivity index (χ2v) is 2.86. The van der Waals surface area contributed by atoms with Crippen molar-refractivity contribution in [1.29, 1.82) is 0 Å². The summed E-state index contributed by atoms with van der Waals surface area (Å²) in [7, 11) is 0. The lowest BCUT2D eigenvalue weighted by atomic mass is 10.0. The second-order valence-electron chi connectivity index (χ2n) is 2.86. The van der Waals surface area contributed by atoms with E-state index in [0.29, 0.717) is 0 Å². The molecule has 1 aromatic carbocycles. The number of nitrogens with two attached hydrogens (primary N) is 1. The summed E-state index contributed by atoms with van der Waals surface area (Å²) in [5.41, 5.74) is 5.47. The van der Waals surface area contributed by atoms with Gasteiger partial charge in [0, 0.05) is 0 Å². The molecular weight excluding hydrogens is 189 g/mol. The minimum atomic E-state index is -1.40. The van der Waals surface area contributed by atoms with Crippen LogP contribution in [-0.4, -0.2) is 22.2 Å². The van der Waals surface area contributed by atoms with Crippen LogP contribution in [0.3, 0.4) is 0 Å². The fraction of sp³-hybridized carbons (Fsp3) is 0.222. The molecule has 0 aliphatic rings. The Hall–Kier alpha value is -1.46. The fourth-order valence-corrected chi connectivity index (χ4v) is 1.00. The van der Waals surface area contributed by atoms with E-state index < -0.39 is 23.9 Å². The van der Waals surface area contributed by atoms with Crippen LogP contribution in [0.15, 0.2) is 24.3 Å². The SMILES string of the molecule is N[C@H](C(=O)O)C(O)c1ccc(F)cc1. The summed E-state index contributed by atoms with van der Waals surface area (Å²) in [4.78, 5) is 10.4. The molecule has 0 spiro atoms. The smallest absolute Gasteiger partial charge is 0.323 e. The van der Waals surface area contributed by atoms with Gasteiger partial charge in [-0.05, 0) is 17.7 Å². The number of hydrogen-bond acceptors (Lipinski definition) is 3. The molecule has 0 aliphatic heterocycles. The van der Waals surface area contributed by atoms with Gasteiger partial charge in [0.2, 0.25) is 0 Å². The van der Waals surface area contributed by atoms with Gasteiger partial charge in [-0.1, -0.05) is 12.1 Å². The molecule has 1 aromatic rings. The zero-order valence-electron chi connectivity index (χ0n) is 7.22. The second kappa shape index (κ2) is 4.17. The van der Waals surface area contributed by atoms with Gasteiger partial charge in [-0.3, -0.25) is 4.79 Å². The number of halogens is 1. The number of benzene rings is 1. The number of carboxylic acid groups (broad SMARTS) is 1. The maximum absolute atomic E-state index is 12.5. The summed E-state index contributed by atoms with van der Waals surface area (Å²) in [5.74, 6) is -1.76. The van der Waals surface area contributed by atoms with Gasteiger partial charge in [0.1, 0.15) is 18.0 Å². The van der Waals surface area contributed by atoms with Crippen LogP contribution in [0, 0.1) is 5.82 Å². The molecule has 4 N–H and O–H groups in total. The molecule has 0 aromatic heterocycles. The predicted octanol–water partition coefficient (Wildman–Crippen LogP) is 0.271. The third-order valence-electron chi connectivity index (χ3n) is 1.84. The maximum atomic E-state index is 12.5. The molecule has 0 amide bonds. The zero-order chi connectivity index (χ0) is 10.7. The Morgan fingerprint density at radius 3 is 2.29 bits per heavy atom. The van der Waals surface area contributed by atoms with E-state index in [0.717, 1.165) is 12.1 Å². The number of aliphatic hydroxyl groups excluding tert-OH is 1. The average molecular weight is 199 g/mol. The van der Waals surface area contributed by atoms with Gasteiger partial charge in [0.15, 0.2) is 0 Å². The van der Waals surface area contributed by atoms with Crippen molar-refractivity contribution in [3.8, 4) is 0 Å². The van der Waals surface area contributed by atoms with Gasteiger partial charge in [-0.2, -0.15) is 0 Å². The van der Waals surface area contributed by atoms with Crippen LogP contribution in [0.4, 0.5) is 4.39 Å². The van der Waals surface area contributed by atoms with Gasteiger partial charge in [-0.15, -0.1) is 0 Å². The third-order valence-corrected chi connectivity index (χ3v) is 1.84. The number of carboxylic acids is 1. The van der Waals surface area contributed by atoms with Crippen LogP contribution in [0.25, 0.3) is 0 Å². The van der Waals surface area contributed by atoms with Crippen LogP contribution in [0.5, 0.6) is 0 Å². The quantitative estimate of drug-likeness (QED) is 0.652. The Bertz CT molecular complexity index is 325. The first kappa shape index (κ1) is 10.6. The first-order valence-electron chi connectivity index (χ1n) is 3.94. The molecule has 0 radical (unpaired) electrons. The normalized spacial score (nSPS) is 14.8. The van der Waals surface area contributed by atoms with E-state index in [-0.39, 0.29) is 5.56 Å². The lowest BCUT2D eigenvalue weighted by Gasteiger charge is -2.14. The summed E-state index contributed by atoms with van der Waals surface area (Å²) in [6.07, 6.45) is -1.33. The van der Waals surface area contributed by atoms with Crippen LogP contribution >= 0.6 is 0 Å². The van der Waals surface area contributed by atoms with E-state index in [1.807, 2.05) is 0 Å². The molecule has 0 fully saturated rings. The van der Waals surface area contributed by atoms with Gasteiger partial charge in [0.05, 0.1) is 0 Å². The summed E-state index contributed by atoms with van der Waals surface area (Å²) >= 11 is 0. The first-order chi connectivity index (χ1) is 6.52. The minimum Gasteiger partial charge on any atom is -0.480 e. The van der Waals surface area contributed by atoms with Crippen LogP contribution in [0.2, 0.25) is 0 Å². The van der Waals surface area contributed by atoms with E-state index in [9.17, 15) is 14.3 Å². The molecule has 0 bridgehead atoms. The molecule has 4 nitrogen and oxygen atoms in total. The number of rotatable bonds is 3. The Morgan fingerprint density at radius 2 is 1.86 bits per heavy atom. The number of aliphatic hydroxyl groups is 1. The molecule has 0 saturated carbocycles. The van der Waals surface area contributed by atoms with Crippen molar-refractivity contribution < 1.29 is 19.4 Å². The molecule has 1 unspecified atom stereocenters. The van der Waals surface area contributed by atoms with Gasteiger partial charge >= 0.3 is 5.97 Å². The van der Waals surface area contributed by atoms with Gasteiger partial charge in [0.25, 0.3) is 0 Å². The predicted molar refractivity (Wildman–Crippen MR) is 47.0 cm³/mol. The summed E-state index contributed by atoms with van der Waals surface area (Å²) in [6.45, 7) is 0. The van der Waals surface area contributed by atoms with Crippen LogP contribution in [0.1, 0.15) is 11.7 Å². The van der Waals surface area contributed by atoms with E-state index in [1.54, 1.807) is 0 Å². The zero-order valence-corrected chi connectivity index (χ0v) is 7.22. The van der Waals surface area contributed by atoms with Crippen molar-refractivity contribution in [3.63, 3.8) is 0 Å². The van der Waals surface area contributed by atoms with Crippen molar-refractivity contribution in [2.24, 2.45) is 5.73 Å². The molecular formula is C9H10FNO3. The summed E-state index contributed by atoms with van der Waals surface area (Å²) < 4.78 is 12.5. The van der Waals surface area contributed by atoms with E-state index in [2.05, 4.69) is 0 Å². The fourth-order valence-electron chi connectivity index (χ4n) is 1.00. The van der Waals surface area contributed by atoms with Crippen molar-refractivity contribution in [3.05, 3.63) is 35.6 Å². The number of aliphatic carboxylic acids is 1. The minimum absolute atomic E-state index is 0.279. The molecule has 1 rings (SSSR count). The number of hydrogen-bond donors (Lipinski definition) is 3. The highest BCUT2D eigenvalue weighted by atomic mass is 19.1. The highest BCUT2D eigenvalue weighted by Crippen LogP contribution is 2.15. The third kappa shape index (κ3) is 2.27. The molecule has 0 saturated heterocycles. The monoisotopic (exact) mass is 199 g/mol. The Kier molecular flexibility index (Phi) is 3.16. The Labute approximate surface area is 79.8 Å². The van der Waals surface area contributed by atoms with Crippen molar-refractivity contribution in [2.75, 3.05) is 0 Å². The molecule has 2 atom stereocenters.